The first-order valence-corrected chi connectivity index (χ1v) is 8.77. The molecule has 24 heavy (non-hydrogen) atoms. The lowest BCUT2D eigenvalue weighted by Crippen LogP contribution is -2.35. The van der Waals surface area contributed by atoms with Crippen molar-refractivity contribution in [2.45, 2.75) is 25.7 Å². The van der Waals surface area contributed by atoms with Crippen LogP contribution in [0.1, 0.15) is 44.9 Å². The zero-order valence-electron chi connectivity index (χ0n) is 15.1. The summed E-state index contributed by atoms with van der Waals surface area (Å²) in [7, 11) is 7.94. The zero-order chi connectivity index (χ0) is 17.4. The van der Waals surface area contributed by atoms with E-state index in [1.165, 1.54) is 0 Å². The quantitative estimate of drug-likeness (QED) is 0.841. The third-order valence-electron chi connectivity index (χ3n) is 5.08. The van der Waals surface area contributed by atoms with Gasteiger partial charge in [-0.05, 0) is 65.0 Å². The van der Waals surface area contributed by atoms with Crippen molar-refractivity contribution in [1.82, 2.24) is 14.8 Å². The first kappa shape index (κ1) is 17.2. The Morgan fingerprint density at radius 1 is 0.875 bits per heavy atom. The second-order valence-corrected chi connectivity index (χ2v) is 7.73. The Labute approximate surface area is 144 Å². The second kappa shape index (κ2) is 6.73. The molecule has 0 bridgehead atoms. The van der Waals surface area contributed by atoms with E-state index < -0.39 is 0 Å². The number of fused-ring (bicyclic) bond motifs is 2. The van der Waals surface area contributed by atoms with E-state index in [4.69, 9.17) is 0 Å². The van der Waals surface area contributed by atoms with Gasteiger partial charge in [0.15, 0.2) is 11.6 Å². The molecule has 0 amide bonds. The van der Waals surface area contributed by atoms with Gasteiger partial charge in [-0.1, -0.05) is 6.07 Å². The van der Waals surface area contributed by atoms with Crippen LogP contribution in [0.5, 0.6) is 0 Å². The van der Waals surface area contributed by atoms with Gasteiger partial charge in [0.1, 0.15) is 11.4 Å². The molecule has 130 valence electrons. The smallest absolute Gasteiger partial charge is 0.185 e. The highest BCUT2D eigenvalue weighted by Gasteiger charge is 2.34. The van der Waals surface area contributed by atoms with Gasteiger partial charge in [-0.15, -0.1) is 0 Å². The van der Waals surface area contributed by atoms with E-state index in [1.807, 2.05) is 38.0 Å². The Morgan fingerprint density at radius 2 is 1.29 bits per heavy atom. The predicted octanol–water partition coefficient (Wildman–Crippen LogP) is 1.69. The monoisotopic (exact) mass is 329 g/mol. The van der Waals surface area contributed by atoms with Gasteiger partial charge in [0.05, 0.1) is 0 Å². The summed E-state index contributed by atoms with van der Waals surface area (Å²) in [6.45, 7) is 1.49. The number of aromatic nitrogens is 1. The summed E-state index contributed by atoms with van der Waals surface area (Å²) >= 11 is 0. The van der Waals surface area contributed by atoms with E-state index in [2.05, 4.69) is 11.1 Å². The van der Waals surface area contributed by atoms with Crippen molar-refractivity contribution < 1.29 is 9.59 Å². The number of nitrogens with zero attached hydrogens (tertiary/aromatic N) is 3. The van der Waals surface area contributed by atoms with Crippen LogP contribution in [0, 0.1) is 11.8 Å². The van der Waals surface area contributed by atoms with Crippen molar-refractivity contribution in [3.05, 3.63) is 28.6 Å². The lowest BCUT2D eigenvalue weighted by Gasteiger charge is -2.29. The van der Waals surface area contributed by atoms with Crippen LogP contribution < -0.4 is 0 Å². The fourth-order valence-corrected chi connectivity index (χ4v) is 3.95. The summed E-state index contributed by atoms with van der Waals surface area (Å²) in [6.07, 6.45) is 3.52. The van der Waals surface area contributed by atoms with E-state index in [0.29, 0.717) is 11.4 Å². The molecule has 0 aliphatic heterocycles. The first-order valence-electron chi connectivity index (χ1n) is 8.77. The fraction of sp³-hybridized carbons (Fsp3) is 0.632. The van der Waals surface area contributed by atoms with Crippen molar-refractivity contribution in [3.63, 3.8) is 0 Å². The van der Waals surface area contributed by atoms with E-state index >= 15 is 0 Å². The average Bonchev–Trinajstić information content (AvgIpc) is 2.51. The van der Waals surface area contributed by atoms with Gasteiger partial charge in [-0.2, -0.15) is 0 Å². The summed E-state index contributed by atoms with van der Waals surface area (Å²) in [4.78, 5) is 34.3. The number of hydrogen-bond donors (Lipinski definition) is 0. The molecule has 2 unspecified atom stereocenters. The average molecular weight is 329 g/mol. The van der Waals surface area contributed by atoms with Gasteiger partial charge in [0.25, 0.3) is 0 Å². The van der Waals surface area contributed by atoms with Gasteiger partial charge in [0, 0.05) is 24.9 Å². The Bertz CT molecular complexity index is 614. The van der Waals surface area contributed by atoms with E-state index in [9.17, 15) is 9.59 Å². The number of hydrogen-bond acceptors (Lipinski definition) is 5. The number of rotatable bonds is 4. The Hall–Kier alpha value is -1.59. The lowest BCUT2D eigenvalue weighted by molar-refractivity contribution is 0.0862. The van der Waals surface area contributed by atoms with Gasteiger partial charge in [-0.3, -0.25) is 9.59 Å². The molecule has 0 spiro atoms. The molecule has 0 aromatic carbocycles. The van der Waals surface area contributed by atoms with Gasteiger partial charge in [0.2, 0.25) is 0 Å². The SMILES string of the molecule is CN(C)CC1CCc2cc3c(nc2C1=O)C(=O)C(CN(C)C)CC3. The maximum atomic E-state index is 12.8. The minimum absolute atomic E-state index is 0.00526. The lowest BCUT2D eigenvalue weighted by atomic mass is 9.80. The molecule has 2 atom stereocenters. The van der Waals surface area contributed by atoms with Crippen LogP contribution in [0.15, 0.2) is 6.07 Å². The maximum absolute atomic E-state index is 12.8. The second-order valence-electron chi connectivity index (χ2n) is 7.73. The maximum Gasteiger partial charge on any atom is 0.185 e. The van der Waals surface area contributed by atoms with Crippen LogP contribution in [0.25, 0.3) is 0 Å². The molecule has 5 nitrogen and oxygen atoms in total. The molecule has 0 fully saturated rings. The van der Waals surface area contributed by atoms with Crippen molar-refractivity contribution >= 4 is 11.6 Å². The fourth-order valence-electron chi connectivity index (χ4n) is 3.95. The zero-order valence-corrected chi connectivity index (χ0v) is 15.1. The number of ketones is 2. The molecule has 2 aliphatic carbocycles. The molecule has 0 N–H and O–H groups in total. The number of aryl methyl sites for hydroxylation is 2. The van der Waals surface area contributed by atoms with Gasteiger partial charge in [-0.25, -0.2) is 4.98 Å². The third-order valence-corrected chi connectivity index (χ3v) is 5.08. The molecular weight excluding hydrogens is 302 g/mol. The summed E-state index contributed by atoms with van der Waals surface area (Å²) < 4.78 is 0. The Balaban J connectivity index is 1.91. The highest BCUT2D eigenvalue weighted by molar-refractivity contribution is 6.02. The standard InChI is InChI=1S/C19H27N3O2/c1-21(2)10-14-7-5-12-9-13-6-8-15(11-22(3)4)19(24)17(13)20-16(12)18(14)23/h9,14-15H,5-8,10-11H2,1-4H3. The molecule has 1 aromatic rings. The van der Waals surface area contributed by atoms with E-state index in [-0.39, 0.29) is 23.4 Å². The molecule has 5 heteroatoms. The van der Waals surface area contributed by atoms with Crippen molar-refractivity contribution in [3.8, 4) is 0 Å². The number of Topliss-reactive ketones (excluding diaryl/α,β-unsaturated/α-hetero) is 2. The minimum atomic E-state index is -0.00526. The highest BCUT2D eigenvalue weighted by Crippen LogP contribution is 2.31. The summed E-state index contributed by atoms with van der Waals surface area (Å²) in [5, 5.41) is 0. The van der Waals surface area contributed by atoms with E-state index in [0.717, 1.165) is 49.9 Å². The summed E-state index contributed by atoms with van der Waals surface area (Å²) in [5.41, 5.74) is 3.16. The normalized spacial score (nSPS) is 23.6. The van der Waals surface area contributed by atoms with Crippen LogP contribution in [0.3, 0.4) is 0 Å². The largest absolute Gasteiger partial charge is 0.309 e. The van der Waals surface area contributed by atoms with Crippen LogP contribution in [-0.2, 0) is 12.8 Å². The third kappa shape index (κ3) is 3.28. The van der Waals surface area contributed by atoms with Crippen LogP contribution in [0.2, 0.25) is 0 Å². The Kier molecular flexibility index (Phi) is 4.83. The van der Waals surface area contributed by atoms with Gasteiger partial charge >= 0.3 is 0 Å². The van der Waals surface area contributed by atoms with Crippen LogP contribution >= 0.6 is 0 Å². The minimum Gasteiger partial charge on any atom is -0.309 e. The predicted molar refractivity (Wildman–Crippen MR) is 93.6 cm³/mol. The molecular formula is C19H27N3O2. The van der Waals surface area contributed by atoms with E-state index in [1.54, 1.807) is 0 Å². The van der Waals surface area contributed by atoms with Crippen molar-refractivity contribution in [1.29, 1.82) is 0 Å². The van der Waals surface area contributed by atoms with Crippen molar-refractivity contribution in [2.75, 3.05) is 41.3 Å². The molecule has 3 rings (SSSR count). The first-order chi connectivity index (χ1) is 11.4. The number of carbonyl (C=O) groups is 2. The number of pyridine rings is 1. The van der Waals surface area contributed by atoms with Crippen LogP contribution in [0.4, 0.5) is 0 Å². The van der Waals surface area contributed by atoms with Gasteiger partial charge < -0.3 is 9.80 Å². The topological polar surface area (TPSA) is 53.5 Å². The number of carbonyl (C=O) groups excluding carboxylic acids is 2. The summed E-state index contributed by atoms with van der Waals surface area (Å²) in [5.74, 6) is 0.203. The Morgan fingerprint density at radius 3 is 1.67 bits per heavy atom. The molecule has 0 radical (unpaired) electrons. The molecule has 2 aliphatic rings. The molecule has 1 aromatic heterocycles. The molecule has 1 heterocycles. The highest BCUT2D eigenvalue weighted by atomic mass is 16.1. The van der Waals surface area contributed by atoms with Crippen molar-refractivity contribution in [2.24, 2.45) is 11.8 Å². The summed E-state index contributed by atoms with van der Waals surface area (Å²) in [6, 6.07) is 2.07. The molecule has 0 saturated heterocycles. The van der Waals surface area contributed by atoms with Crippen LogP contribution in [-0.4, -0.2) is 67.6 Å². The molecule has 0 saturated carbocycles.